The quantitative estimate of drug-likeness (QED) is 0.378. The summed E-state index contributed by atoms with van der Waals surface area (Å²) in [4.78, 5) is 30.7. The topological polar surface area (TPSA) is 80.0 Å². The second-order valence-electron chi connectivity index (χ2n) is 11.9. The van der Waals surface area contributed by atoms with E-state index in [1.165, 1.54) is 0 Å². The van der Waals surface area contributed by atoms with Crippen molar-refractivity contribution in [1.29, 1.82) is 0 Å². The summed E-state index contributed by atoms with van der Waals surface area (Å²) >= 11 is 0. The maximum atomic E-state index is 12.6. The van der Waals surface area contributed by atoms with Crippen LogP contribution in [0, 0.1) is 10.8 Å². The van der Waals surface area contributed by atoms with Gasteiger partial charge in [-0.15, -0.1) is 0 Å². The van der Waals surface area contributed by atoms with Crippen molar-refractivity contribution >= 4 is 12.1 Å². The van der Waals surface area contributed by atoms with Gasteiger partial charge in [0, 0.05) is 59.5 Å². The van der Waals surface area contributed by atoms with Gasteiger partial charge in [-0.05, 0) is 49.1 Å². The lowest BCUT2D eigenvalue weighted by Crippen LogP contribution is -2.52. The van der Waals surface area contributed by atoms with E-state index < -0.39 is 0 Å². The fraction of sp³-hybridized carbons (Fsp3) is 0.714. The molecule has 3 N–H and O–H groups in total. The molecule has 0 spiro atoms. The van der Waals surface area contributed by atoms with Gasteiger partial charge in [-0.1, -0.05) is 58.0 Å². The molecule has 1 aromatic carbocycles. The van der Waals surface area contributed by atoms with E-state index >= 15 is 0 Å². The first-order valence-electron chi connectivity index (χ1n) is 13.4. The summed E-state index contributed by atoms with van der Waals surface area (Å²) in [7, 11) is 5.77. The molecular formula is C28H50N6O2. The van der Waals surface area contributed by atoms with E-state index in [4.69, 9.17) is 0 Å². The molecular weight excluding hydrogens is 452 g/mol. The third-order valence-corrected chi connectivity index (χ3v) is 7.06. The Morgan fingerprint density at radius 1 is 0.944 bits per heavy atom. The Morgan fingerprint density at radius 3 is 2.28 bits per heavy atom. The van der Waals surface area contributed by atoms with Crippen molar-refractivity contribution < 1.29 is 9.59 Å². The number of likely N-dealkylation sites (N-methyl/N-ethyl adjacent to an activating group) is 2. The molecule has 204 valence electrons. The number of nitrogens with one attached hydrogen (secondary N) is 3. The fourth-order valence-electron chi connectivity index (χ4n) is 5.55. The van der Waals surface area contributed by atoms with Gasteiger partial charge in [0.2, 0.25) is 0 Å². The third-order valence-electron chi connectivity index (χ3n) is 7.06. The first kappa shape index (κ1) is 29.9. The lowest BCUT2D eigenvalue weighted by Gasteiger charge is -2.47. The second-order valence-corrected chi connectivity index (χ2v) is 11.9. The van der Waals surface area contributed by atoms with Crippen LogP contribution in [0.1, 0.15) is 58.9 Å². The summed E-state index contributed by atoms with van der Waals surface area (Å²) in [6.07, 6.45) is 4.07. The minimum Gasteiger partial charge on any atom is -0.335 e. The SMILES string of the molecule is CCCN(C)C(=O)NC1CC(C)(C)CC(C)(CNCN(C)CCN(C)C(=O)NCc2ccccc2)C1. The number of rotatable bonds is 12. The summed E-state index contributed by atoms with van der Waals surface area (Å²) < 4.78 is 0. The van der Waals surface area contributed by atoms with Gasteiger partial charge in [0.15, 0.2) is 0 Å². The Morgan fingerprint density at radius 2 is 1.61 bits per heavy atom. The molecule has 0 aromatic heterocycles. The molecule has 0 aliphatic heterocycles. The van der Waals surface area contributed by atoms with Crippen LogP contribution in [-0.4, -0.2) is 86.8 Å². The number of nitrogens with zero attached hydrogens (tertiary/aromatic N) is 3. The van der Waals surface area contributed by atoms with Crippen LogP contribution in [-0.2, 0) is 6.54 Å². The van der Waals surface area contributed by atoms with E-state index in [1.807, 2.05) is 44.4 Å². The Kier molecular flexibility index (Phi) is 11.5. The smallest absolute Gasteiger partial charge is 0.317 e. The van der Waals surface area contributed by atoms with Gasteiger partial charge >= 0.3 is 12.1 Å². The summed E-state index contributed by atoms with van der Waals surface area (Å²) in [6, 6.07) is 10.1. The second kappa shape index (κ2) is 13.8. The molecule has 1 aromatic rings. The van der Waals surface area contributed by atoms with Crippen LogP contribution in [0.15, 0.2) is 30.3 Å². The van der Waals surface area contributed by atoms with Gasteiger partial charge in [-0.3, -0.25) is 4.90 Å². The molecule has 1 fully saturated rings. The molecule has 2 atom stereocenters. The van der Waals surface area contributed by atoms with Gasteiger partial charge in [0.05, 0.1) is 0 Å². The van der Waals surface area contributed by atoms with Crippen molar-refractivity contribution in [3.05, 3.63) is 35.9 Å². The standard InChI is InChI=1S/C28H50N6O2/c1-8-14-33(6)26(36)31-24-17-27(2,3)20-28(4,18-24)21-29-22-32(5)15-16-34(7)25(35)30-19-23-12-10-9-11-13-23/h9-13,24,29H,8,14-22H2,1-7H3,(H,30,35)(H,31,36). The summed E-state index contributed by atoms with van der Waals surface area (Å²) in [5.74, 6) is 0. The Hall–Kier alpha value is -2.32. The molecule has 8 nitrogen and oxygen atoms in total. The minimum absolute atomic E-state index is 0.0338. The molecule has 4 amide bonds. The highest BCUT2D eigenvalue weighted by Gasteiger charge is 2.41. The predicted molar refractivity (Wildman–Crippen MR) is 148 cm³/mol. The largest absolute Gasteiger partial charge is 0.335 e. The Balaban J connectivity index is 1.74. The molecule has 1 saturated carbocycles. The zero-order valence-electron chi connectivity index (χ0n) is 23.7. The normalized spacial score (nSPS) is 21.2. The molecule has 2 rings (SSSR count). The molecule has 0 saturated heterocycles. The molecule has 36 heavy (non-hydrogen) atoms. The highest BCUT2D eigenvalue weighted by Crippen LogP contribution is 2.45. The van der Waals surface area contributed by atoms with Gasteiger partial charge in [0.1, 0.15) is 0 Å². The summed E-state index contributed by atoms with van der Waals surface area (Å²) in [5.41, 5.74) is 1.38. The maximum absolute atomic E-state index is 12.6. The van der Waals surface area contributed by atoms with E-state index in [0.717, 1.165) is 57.5 Å². The van der Waals surface area contributed by atoms with Crippen molar-refractivity contribution in [3.63, 3.8) is 0 Å². The number of carbonyl (C=O) groups is 2. The van der Waals surface area contributed by atoms with Crippen LogP contribution in [0.3, 0.4) is 0 Å². The summed E-state index contributed by atoms with van der Waals surface area (Å²) in [5, 5.41) is 9.89. The fourth-order valence-corrected chi connectivity index (χ4v) is 5.55. The number of hydrogen-bond acceptors (Lipinski definition) is 4. The Bertz CT molecular complexity index is 818. The van der Waals surface area contributed by atoms with Crippen molar-refractivity contribution in [2.45, 2.75) is 66.0 Å². The molecule has 0 heterocycles. The van der Waals surface area contributed by atoms with Gasteiger partial charge in [-0.25, -0.2) is 9.59 Å². The highest BCUT2D eigenvalue weighted by atomic mass is 16.2. The molecule has 8 heteroatoms. The van der Waals surface area contributed by atoms with Gasteiger partial charge in [0.25, 0.3) is 0 Å². The average molecular weight is 503 g/mol. The van der Waals surface area contributed by atoms with Crippen LogP contribution >= 0.6 is 0 Å². The molecule has 2 unspecified atom stereocenters. The first-order chi connectivity index (χ1) is 16.9. The molecule has 0 bridgehead atoms. The van der Waals surface area contributed by atoms with E-state index in [2.05, 4.69) is 55.6 Å². The minimum atomic E-state index is -0.0603. The number of carbonyl (C=O) groups excluding carboxylic acids is 2. The zero-order chi connectivity index (χ0) is 26.8. The van der Waals surface area contributed by atoms with Gasteiger partial charge < -0.3 is 25.8 Å². The van der Waals surface area contributed by atoms with E-state index in [-0.39, 0.29) is 28.9 Å². The third kappa shape index (κ3) is 10.3. The number of hydrogen-bond donors (Lipinski definition) is 3. The number of amides is 4. The van der Waals surface area contributed by atoms with Crippen LogP contribution in [0.2, 0.25) is 0 Å². The number of benzene rings is 1. The predicted octanol–water partition coefficient (Wildman–Crippen LogP) is 3.94. The lowest BCUT2D eigenvalue weighted by atomic mass is 9.62. The van der Waals surface area contributed by atoms with Crippen molar-refractivity contribution in [2.24, 2.45) is 10.8 Å². The van der Waals surface area contributed by atoms with Crippen LogP contribution in [0.4, 0.5) is 9.59 Å². The Labute approximate surface area is 219 Å². The highest BCUT2D eigenvalue weighted by molar-refractivity contribution is 5.74. The monoisotopic (exact) mass is 502 g/mol. The summed E-state index contributed by atoms with van der Waals surface area (Å²) in [6.45, 7) is 13.4. The van der Waals surface area contributed by atoms with Gasteiger partial charge in [-0.2, -0.15) is 0 Å². The molecule has 1 aliphatic rings. The average Bonchev–Trinajstić information content (AvgIpc) is 2.80. The van der Waals surface area contributed by atoms with Crippen molar-refractivity contribution in [3.8, 4) is 0 Å². The number of urea groups is 2. The van der Waals surface area contributed by atoms with E-state index in [0.29, 0.717) is 13.1 Å². The molecule has 0 radical (unpaired) electrons. The van der Waals surface area contributed by atoms with E-state index in [9.17, 15) is 9.59 Å². The van der Waals surface area contributed by atoms with Crippen LogP contribution in [0.5, 0.6) is 0 Å². The van der Waals surface area contributed by atoms with Crippen molar-refractivity contribution in [2.75, 3.05) is 54.0 Å². The molecule has 1 aliphatic carbocycles. The lowest BCUT2D eigenvalue weighted by molar-refractivity contribution is 0.0682. The first-order valence-corrected chi connectivity index (χ1v) is 13.4. The maximum Gasteiger partial charge on any atom is 0.317 e. The zero-order valence-corrected chi connectivity index (χ0v) is 23.7. The van der Waals surface area contributed by atoms with Crippen LogP contribution < -0.4 is 16.0 Å². The van der Waals surface area contributed by atoms with E-state index in [1.54, 1.807) is 9.80 Å². The van der Waals surface area contributed by atoms with Crippen LogP contribution in [0.25, 0.3) is 0 Å². The van der Waals surface area contributed by atoms with Crippen molar-refractivity contribution in [1.82, 2.24) is 30.7 Å².